The van der Waals surface area contributed by atoms with Gasteiger partial charge in [0.05, 0.1) is 6.10 Å². The van der Waals surface area contributed by atoms with E-state index in [1.54, 1.807) is 0 Å². The van der Waals surface area contributed by atoms with Gasteiger partial charge < -0.3 is 15.1 Å². The highest BCUT2D eigenvalue weighted by Crippen LogP contribution is 2.51. The van der Waals surface area contributed by atoms with Gasteiger partial charge in [-0.1, -0.05) is 24.3 Å². The molecule has 0 saturated carbocycles. The first kappa shape index (κ1) is 12.2. The average molecular weight is 247 g/mol. The molecule has 2 N–H and O–H groups in total. The summed E-state index contributed by atoms with van der Waals surface area (Å²) in [5.74, 6) is 0. The van der Waals surface area contributed by atoms with E-state index in [0.717, 1.165) is 37.9 Å². The van der Waals surface area contributed by atoms with Gasteiger partial charge in [0.15, 0.2) is 0 Å². The summed E-state index contributed by atoms with van der Waals surface area (Å²) in [7, 11) is 2.11. The van der Waals surface area contributed by atoms with E-state index in [-0.39, 0.29) is 5.41 Å². The fourth-order valence-corrected chi connectivity index (χ4v) is 3.57. The monoisotopic (exact) mass is 247 g/mol. The molecule has 0 aromatic carbocycles. The zero-order valence-corrected chi connectivity index (χ0v) is 10.8. The minimum absolute atomic E-state index is 0.230. The summed E-state index contributed by atoms with van der Waals surface area (Å²) >= 11 is 0. The highest BCUT2D eigenvalue weighted by molar-refractivity contribution is 5.49. The van der Waals surface area contributed by atoms with E-state index >= 15 is 0 Å². The molecule has 2 unspecified atom stereocenters. The fraction of sp³-hybridized carbons (Fsp3) is 0.600. The van der Waals surface area contributed by atoms with Crippen molar-refractivity contribution in [1.82, 2.24) is 4.90 Å². The van der Waals surface area contributed by atoms with E-state index in [2.05, 4.69) is 30.2 Å². The molecule has 1 fully saturated rings. The molecule has 3 rings (SSSR count). The lowest BCUT2D eigenvalue weighted by atomic mass is 9.71. The number of fused-ring (bicyclic) bond motifs is 1. The minimum atomic E-state index is -0.720. The molecule has 0 radical (unpaired) electrons. The molecule has 98 valence electrons. The van der Waals surface area contributed by atoms with Crippen molar-refractivity contribution in [3.63, 3.8) is 0 Å². The molecule has 1 aliphatic heterocycles. The number of likely N-dealkylation sites (tertiary alicyclic amines) is 1. The van der Waals surface area contributed by atoms with E-state index in [1.807, 2.05) is 6.08 Å². The van der Waals surface area contributed by atoms with Gasteiger partial charge >= 0.3 is 0 Å². The van der Waals surface area contributed by atoms with Crippen LogP contribution in [0.5, 0.6) is 0 Å². The predicted octanol–water partition coefficient (Wildman–Crippen LogP) is 1.25. The van der Waals surface area contributed by atoms with Gasteiger partial charge in [-0.2, -0.15) is 0 Å². The molecule has 3 aliphatic rings. The Bertz CT molecular complexity index is 428. The van der Waals surface area contributed by atoms with Crippen LogP contribution in [0.3, 0.4) is 0 Å². The molecular formula is C15H21NO2. The van der Waals surface area contributed by atoms with Gasteiger partial charge in [-0.25, -0.2) is 0 Å². The molecular weight excluding hydrogens is 226 g/mol. The second-order valence-corrected chi connectivity index (χ2v) is 5.76. The lowest BCUT2D eigenvalue weighted by Crippen LogP contribution is -2.46. The number of allylic oxidation sites excluding steroid dienone is 3. The summed E-state index contributed by atoms with van der Waals surface area (Å²) in [6.07, 6.45) is 9.71. The molecule has 0 bridgehead atoms. The quantitative estimate of drug-likeness (QED) is 0.677. The first-order valence-electron chi connectivity index (χ1n) is 6.77. The summed E-state index contributed by atoms with van der Waals surface area (Å²) in [5.41, 5.74) is 1.87. The third-order valence-corrected chi connectivity index (χ3v) is 4.76. The average Bonchev–Trinajstić information content (AvgIpc) is 2.59. The molecule has 18 heavy (non-hydrogen) atoms. The Kier molecular flexibility index (Phi) is 2.93. The predicted molar refractivity (Wildman–Crippen MR) is 71.1 cm³/mol. The van der Waals surface area contributed by atoms with Crippen LogP contribution in [-0.2, 0) is 0 Å². The largest absolute Gasteiger partial charge is 0.389 e. The zero-order chi connectivity index (χ0) is 12.8. The van der Waals surface area contributed by atoms with E-state index in [1.165, 1.54) is 5.57 Å². The van der Waals surface area contributed by atoms with Gasteiger partial charge in [0.1, 0.15) is 6.10 Å². The lowest BCUT2D eigenvalue weighted by molar-refractivity contribution is -0.0377. The molecule has 1 heterocycles. The second kappa shape index (κ2) is 4.34. The second-order valence-electron chi connectivity index (χ2n) is 5.76. The Balaban J connectivity index is 2.03. The zero-order valence-electron chi connectivity index (χ0n) is 10.8. The standard InChI is InChI=1S/C15H21NO2/c1-16-9-7-15(8-10-16)12-6-4-2-3-5-11(12)13(17)14(15)18/h3-6,13-14,17-18H,2,7-10H2,1H3. The van der Waals surface area contributed by atoms with Gasteiger partial charge in [0.25, 0.3) is 0 Å². The fourth-order valence-electron chi connectivity index (χ4n) is 3.57. The van der Waals surface area contributed by atoms with Gasteiger partial charge in [-0.15, -0.1) is 0 Å². The number of piperidine rings is 1. The Morgan fingerprint density at radius 1 is 1.17 bits per heavy atom. The molecule has 0 aromatic rings. The van der Waals surface area contributed by atoms with Crippen molar-refractivity contribution in [2.24, 2.45) is 5.41 Å². The molecule has 2 atom stereocenters. The maximum atomic E-state index is 10.5. The van der Waals surface area contributed by atoms with E-state index in [0.29, 0.717) is 0 Å². The number of nitrogens with zero attached hydrogens (tertiary/aromatic N) is 1. The van der Waals surface area contributed by atoms with Crippen LogP contribution in [0.1, 0.15) is 19.3 Å². The minimum Gasteiger partial charge on any atom is -0.389 e. The van der Waals surface area contributed by atoms with Crippen molar-refractivity contribution in [3.8, 4) is 0 Å². The normalized spacial score (nSPS) is 35.1. The van der Waals surface area contributed by atoms with Crippen molar-refractivity contribution >= 4 is 0 Å². The van der Waals surface area contributed by atoms with Crippen LogP contribution >= 0.6 is 0 Å². The number of aliphatic hydroxyl groups is 2. The maximum absolute atomic E-state index is 10.5. The van der Waals surface area contributed by atoms with Gasteiger partial charge in [0.2, 0.25) is 0 Å². The van der Waals surface area contributed by atoms with Crippen molar-refractivity contribution in [2.75, 3.05) is 20.1 Å². The molecule has 2 aliphatic carbocycles. The SMILES string of the molecule is CN1CCC2(CC1)C1=C(C=CCC=C1)C(O)C2O. The van der Waals surface area contributed by atoms with E-state index in [4.69, 9.17) is 0 Å². The number of hydrogen-bond acceptors (Lipinski definition) is 3. The van der Waals surface area contributed by atoms with Crippen molar-refractivity contribution in [2.45, 2.75) is 31.5 Å². The third kappa shape index (κ3) is 1.62. The van der Waals surface area contributed by atoms with E-state index < -0.39 is 12.2 Å². The number of hydrogen-bond donors (Lipinski definition) is 2. The van der Waals surface area contributed by atoms with Crippen molar-refractivity contribution < 1.29 is 10.2 Å². The number of aliphatic hydroxyl groups excluding tert-OH is 2. The van der Waals surface area contributed by atoms with Crippen LogP contribution in [0.25, 0.3) is 0 Å². The summed E-state index contributed by atoms with van der Waals surface area (Å²) in [6, 6.07) is 0. The van der Waals surface area contributed by atoms with Crippen LogP contribution in [0.2, 0.25) is 0 Å². The van der Waals surface area contributed by atoms with Crippen LogP contribution in [0, 0.1) is 5.41 Å². The van der Waals surface area contributed by atoms with Gasteiger partial charge in [0, 0.05) is 5.41 Å². The van der Waals surface area contributed by atoms with Crippen LogP contribution in [0.15, 0.2) is 35.5 Å². The molecule has 1 saturated heterocycles. The summed E-state index contributed by atoms with van der Waals surface area (Å²) in [6.45, 7) is 1.97. The molecule has 3 nitrogen and oxygen atoms in total. The maximum Gasteiger partial charge on any atom is 0.106 e. The van der Waals surface area contributed by atoms with Crippen LogP contribution in [-0.4, -0.2) is 47.5 Å². The van der Waals surface area contributed by atoms with Crippen molar-refractivity contribution in [3.05, 3.63) is 35.5 Å². The van der Waals surface area contributed by atoms with E-state index in [9.17, 15) is 10.2 Å². The first-order chi connectivity index (χ1) is 8.65. The highest BCUT2D eigenvalue weighted by atomic mass is 16.3. The lowest BCUT2D eigenvalue weighted by Gasteiger charge is -2.42. The number of rotatable bonds is 0. The smallest absolute Gasteiger partial charge is 0.106 e. The highest BCUT2D eigenvalue weighted by Gasteiger charge is 2.52. The topological polar surface area (TPSA) is 43.7 Å². The van der Waals surface area contributed by atoms with Crippen LogP contribution < -0.4 is 0 Å². The van der Waals surface area contributed by atoms with Gasteiger partial charge in [-0.05, 0) is 50.5 Å². The molecule has 0 amide bonds. The van der Waals surface area contributed by atoms with Crippen LogP contribution in [0.4, 0.5) is 0 Å². The third-order valence-electron chi connectivity index (χ3n) is 4.76. The molecule has 3 heteroatoms. The van der Waals surface area contributed by atoms with Crippen molar-refractivity contribution in [1.29, 1.82) is 0 Å². The summed E-state index contributed by atoms with van der Waals surface area (Å²) in [4.78, 5) is 2.29. The molecule has 1 spiro atoms. The summed E-state index contributed by atoms with van der Waals surface area (Å²) < 4.78 is 0. The Labute approximate surface area is 108 Å². The van der Waals surface area contributed by atoms with Gasteiger partial charge in [-0.3, -0.25) is 0 Å². The summed E-state index contributed by atoms with van der Waals surface area (Å²) in [5, 5.41) is 20.8. The Morgan fingerprint density at radius 3 is 2.56 bits per heavy atom. The molecule has 0 aromatic heterocycles. The Morgan fingerprint density at radius 2 is 1.83 bits per heavy atom. The Hall–Kier alpha value is -0.900. The first-order valence-corrected chi connectivity index (χ1v) is 6.77.